The summed E-state index contributed by atoms with van der Waals surface area (Å²) in [5.41, 5.74) is 0.610. The molecular formula is C15H17FN8O. The van der Waals surface area contributed by atoms with Gasteiger partial charge in [-0.2, -0.15) is 4.68 Å². The number of hydrogen-bond donors (Lipinski definition) is 2. The summed E-state index contributed by atoms with van der Waals surface area (Å²) in [5, 5.41) is 16.4. The van der Waals surface area contributed by atoms with Crippen molar-refractivity contribution in [3.8, 4) is 5.69 Å². The van der Waals surface area contributed by atoms with E-state index < -0.39 is 5.82 Å². The molecule has 0 saturated heterocycles. The smallest absolute Gasteiger partial charge is 0.319 e. The first-order chi connectivity index (χ1) is 12.1. The molecule has 0 atom stereocenters. The lowest BCUT2D eigenvalue weighted by Crippen LogP contribution is -2.30. The number of carbonyl (C=O) groups excluding carboxylic acids is 1. The van der Waals surface area contributed by atoms with Crippen LogP contribution in [0.5, 0.6) is 0 Å². The van der Waals surface area contributed by atoms with Gasteiger partial charge in [-0.05, 0) is 42.0 Å². The number of amides is 2. The zero-order valence-corrected chi connectivity index (χ0v) is 13.6. The lowest BCUT2D eigenvalue weighted by Gasteiger charge is -2.10. The van der Waals surface area contributed by atoms with Crippen molar-refractivity contribution in [3.05, 3.63) is 48.6 Å². The van der Waals surface area contributed by atoms with E-state index in [9.17, 15) is 9.18 Å². The Labute approximate surface area is 142 Å². The van der Waals surface area contributed by atoms with Crippen molar-refractivity contribution in [3.63, 3.8) is 0 Å². The summed E-state index contributed by atoms with van der Waals surface area (Å²) in [4.78, 5) is 15.9. The van der Waals surface area contributed by atoms with Crippen molar-refractivity contribution in [2.24, 2.45) is 0 Å². The molecule has 0 aliphatic rings. The molecule has 0 aliphatic heterocycles. The van der Waals surface area contributed by atoms with Gasteiger partial charge >= 0.3 is 6.03 Å². The van der Waals surface area contributed by atoms with Gasteiger partial charge in [0.2, 0.25) is 0 Å². The number of nitrogens with one attached hydrogen (secondary N) is 2. The summed E-state index contributed by atoms with van der Waals surface area (Å²) in [6.07, 6.45) is 6.06. The molecule has 0 spiro atoms. The minimum Gasteiger partial charge on any atom is -0.338 e. The molecule has 2 aromatic heterocycles. The Bertz CT molecular complexity index is 845. The summed E-state index contributed by atoms with van der Waals surface area (Å²) in [6, 6.07) is 3.84. The van der Waals surface area contributed by atoms with E-state index in [0.717, 1.165) is 13.0 Å². The van der Waals surface area contributed by atoms with Gasteiger partial charge in [0.05, 0.1) is 6.33 Å². The molecule has 0 fully saturated rings. The predicted molar refractivity (Wildman–Crippen MR) is 87.7 cm³/mol. The predicted octanol–water partition coefficient (Wildman–Crippen LogP) is 1.52. The number of rotatable bonds is 6. The van der Waals surface area contributed by atoms with E-state index in [4.69, 9.17) is 0 Å². The fourth-order valence-corrected chi connectivity index (χ4v) is 2.26. The number of nitrogens with zero attached hydrogens (tertiary/aromatic N) is 6. The Kier molecular flexibility index (Phi) is 4.97. The van der Waals surface area contributed by atoms with Gasteiger partial charge in [-0.1, -0.05) is 0 Å². The van der Waals surface area contributed by atoms with Crippen LogP contribution in [0.15, 0.2) is 36.9 Å². The number of tetrazole rings is 1. The zero-order valence-electron chi connectivity index (χ0n) is 13.6. The van der Waals surface area contributed by atoms with E-state index in [1.807, 2.05) is 10.8 Å². The first-order valence-electron chi connectivity index (χ1n) is 7.69. The van der Waals surface area contributed by atoms with Gasteiger partial charge in [-0.25, -0.2) is 14.2 Å². The molecule has 0 unspecified atom stereocenters. The standard InChI is InChI=1S/C15H17FN8O/c1-11-20-21-22-24(11)14-9-12(3-4-13(14)16)19-15(25)18-5-2-7-23-8-6-17-10-23/h3-4,6,8-10H,2,5,7H2,1H3,(H2,18,19,25). The SMILES string of the molecule is Cc1nnnn1-c1cc(NC(=O)NCCCn2ccnc2)ccc1F. The van der Waals surface area contributed by atoms with Gasteiger partial charge in [-0.15, -0.1) is 5.10 Å². The van der Waals surface area contributed by atoms with Gasteiger partial charge in [0.25, 0.3) is 0 Å². The van der Waals surface area contributed by atoms with Crippen LogP contribution in [0, 0.1) is 12.7 Å². The highest BCUT2D eigenvalue weighted by molar-refractivity contribution is 5.89. The van der Waals surface area contributed by atoms with Crippen LogP contribution in [0.25, 0.3) is 5.69 Å². The van der Waals surface area contributed by atoms with Gasteiger partial charge in [0.1, 0.15) is 11.5 Å². The molecule has 3 aromatic rings. The second kappa shape index (κ2) is 7.51. The first kappa shape index (κ1) is 16.6. The van der Waals surface area contributed by atoms with Crippen LogP contribution < -0.4 is 10.6 Å². The van der Waals surface area contributed by atoms with Crippen molar-refractivity contribution in [2.75, 3.05) is 11.9 Å². The topological polar surface area (TPSA) is 103 Å². The van der Waals surface area contributed by atoms with Crippen LogP contribution in [0.2, 0.25) is 0 Å². The third-order valence-corrected chi connectivity index (χ3v) is 3.50. The normalized spacial score (nSPS) is 10.6. The molecule has 25 heavy (non-hydrogen) atoms. The lowest BCUT2D eigenvalue weighted by atomic mass is 10.2. The molecular weight excluding hydrogens is 327 g/mol. The van der Waals surface area contributed by atoms with E-state index in [1.165, 1.54) is 22.9 Å². The molecule has 2 N–H and O–H groups in total. The molecule has 3 rings (SSSR count). The number of urea groups is 1. The third kappa shape index (κ3) is 4.16. The monoisotopic (exact) mass is 344 g/mol. The maximum atomic E-state index is 14.0. The minimum absolute atomic E-state index is 0.167. The van der Waals surface area contributed by atoms with E-state index in [2.05, 4.69) is 31.1 Å². The van der Waals surface area contributed by atoms with Crippen LogP contribution in [0.4, 0.5) is 14.9 Å². The quantitative estimate of drug-likeness (QED) is 0.660. The highest BCUT2D eigenvalue weighted by Gasteiger charge is 2.11. The maximum Gasteiger partial charge on any atom is 0.319 e. The van der Waals surface area contributed by atoms with Crippen molar-refractivity contribution >= 4 is 11.7 Å². The summed E-state index contributed by atoms with van der Waals surface area (Å²) in [5.74, 6) is -0.0401. The van der Waals surface area contributed by atoms with E-state index >= 15 is 0 Å². The fraction of sp³-hybridized carbons (Fsp3) is 0.267. The molecule has 0 radical (unpaired) electrons. The first-order valence-corrected chi connectivity index (χ1v) is 7.69. The molecule has 10 heteroatoms. The number of halogens is 1. The molecule has 2 amide bonds. The Balaban J connectivity index is 1.55. The molecule has 0 saturated carbocycles. The summed E-state index contributed by atoms with van der Waals surface area (Å²) < 4.78 is 17.2. The molecule has 1 aromatic carbocycles. The van der Waals surface area contributed by atoms with Crippen molar-refractivity contribution in [1.82, 2.24) is 35.1 Å². The molecule has 2 heterocycles. The van der Waals surface area contributed by atoms with Gasteiger partial charge < -0.3 is 15.2 Å². The Morgan fingerprint density at radius 2 is 2.24 bits per heavy atom. The van der Waals surface area contributed by atoms with Crippen molar-refractivity contribution < 1.29 is 9.18 Å². The van der Waals surface area contributed by atoms with Crippen LogP contribution >= 0.6 is 0 Å². The van der Waals surface area contributed by atoms with Crippen LogP contribution in [0.1, 0.15) is 12.2 Å². The third-order valence-electron chi connectivity index (χ3n) is 3.50. The summed E-state index contributed by atoms with van der Waals surface area (Å²) in [6.45, 7) is 2.93. The zero-order chi connectivity index (χ0) is 17.6. The van der Waals surface area contributed by atoms with Gasteiger partial charge in [-0.3, -0.25) is 0 Å². The number of anilines is 1. The average molecular weight is 344 g/mol. The molecule has 130 valence electrons. The largest absolute Gasteiger partial charge is 0.338 e. The molecule has 9 nitrogen and oxygen atoms in total. The number of benzene rings is 1. The minimum atomic E-state index is -0.485. The summed E-state index contributed by atoms with van der Waals surface area (Å²) in [7, 11) is 0. The van der Waals surface area contributed by atoms with Crippen LogP contribution in [-0.4, -0.2) is 42.3 Å². The average Bonchev–Trinajstić information content (AvgIpc) is 3.25. The van der Waals surface area contributed by atoms with Crippen molar-refractivity contribution in [2.45, 2.75) is 19.9 Å². The number of carbonyl (C=O) groups is 1. The number of hydrogen-bond acceptors (Lipinski definition) is 5. The lowest BCUT2D eigenvalue weighted by molar-refractivity contribution is 0.252. The second-order valence-corrected chi connectivity index (χ2v) is 5.34. The summed E-state index contributed by atoms with van der Waals surface area (Å²) >= 11 is 0. The second-order valence-electron chi connectivity index (χ2n) is 5.34. The highest BCUT2D eigenvalue weighted by atomic mass is 19.1. The van der Waals surface area contributed by atoms with Gasteiger partial charge in [0, 0.05) is 31.2 Å². The van der Waals surface area contributed by atoms with Gasteiger partial charge in [0.15, 0.2) is 5.82 Å². The Morgan fingerprint density at radius 1 is 1.36 bits per heavy atom. The number of aryl methyl sites for hydroxylation is 2. The number of imidazole rings is 1. The Morgan fingerprint density at radius 3 is 2.96 bits per heavy atom. The van der Waals surface area contributed by atoms with E-state index in [1.54, 1.807) is 19.4 Å². The fourth-order valence-electron chi connectivity index (χ4n) is 2.26. The van der Waals surface area contributed by atoms with Crippen LogP contribution in [-0.2, 0) is 6.54 Å². The number of aromatic nitrogens is 6. The van der Waals surface area contributed by atoms with Crippen LogP contribution in [0.3, 0.4) is 0 Å². The Hall–Kier alpha value is -3.30. The van der Waals surface area contributed by atoms with E-state index in [-0.39, 0.29) is 11.7 Å². The van der Waals surface area contributed by atoms with Crippen molar-refractivity contribution in [1.29, 1.82) is 0 Å². The molecule has 0 aliphatic carbocycles. The van der Waals surface area contributed by atoms with E-state index in [0.29, 0.717) is 18.1 Å². The maximum absolute atomic E-state index is 14.0. The highest BCUT2D eigenvalue weighted by Crippen LogP contribution is 2.18. The molecule has 0 bridgehead atoms.